The van der Waals surface area contributed by atoms with E-state index in [1.807, 2.05) is 0 Å². The molecule has 0 unspecified atom stereocenters. The van der Waals surface area contributed by atoms with Crippen molar-refractivity contribution in [1.29, 1.82) is 0 Å². The maximum atomic E-state index is 11.0. The van der Waals surface area contributed by atoms with E-state index >= 15 is 0 Å². The number of carbonyl (C=O) groups excluding carboxylic acids is 1. The molecule has 0 aliphatic rings. The molecule has 0 amide bonds. The molecule has 1 aromatic heterocycles. The van der Waals surface area contributed by atoms with Crippen LogP contribution in [0.1, 0.15) is 9.67 Å². The highest BCUT2D eigenvalue weighted by Gasteiger charge is 2.06. The number of hydrogen-bond acceptors (Lipinski definition) is 4. The molecular formula is C7H10ClNO2S. The van der Waals surface area contributed by atoms with Gasteiger partial charge >= 0.3 is 0 Å². The fourth-order valence-electron chi connectivity index (χ4n) is 0.673. The van der Waals surface area contributed by atoms with Gasteiger partial charge in [-0.05, 0) is 0 Å². The van der Waals surface area contributed by atoms with Crippen molar-refractivity contribution in [2.45, 2.75) is 0 Å². The largest absolute Gasteiger partial charge is 0.496 e. The summed E-state index contributed by atoms with van der Waals surface area (Å²) in [6, 6.07) is 1.69. The number of ketones is 1. The molecule has 0 fully saturated rings. The summed E-state index contributed by atoms with van der Waals surface area (Å²) in [5.74, 6) is 0.671. The monoisotopic (exact) mass is 207 g/mol. The van der Waals surface area contributed by atoms with Crippen molar-refractivity contribution in [3.05, 3.63) is 16.3 Å². The lowest BCUT2D eigenvalue weighted by atomic mass is 10.3. The second-order valence-corrected chi connectivity index (χ2v) is 2.89. The van der Waals surface area contributed by atoms with Gasteiger partial charge < -0.3 is 10.5 Å². The fraction of sp³-hybridized carbons (Fsp3) is 0.286. The standard InChI is InChI=1S/C7H9NO2S.ClH/c1-10-5-2-7(11-4-5)6(9)3-8;/h2,4H,3,8H2,1H3;1H. The molecule has 1 rings (SSSR count). The molecule has 5 heteroatoms. The normalized spacial score (nSPS) is 8.83. The van der Waals surface area contributed by atoms with Crippen molar-refractivity contribution < 1.29 is 9.53 Å². The van der Waals surface area contributed by atoms with Crippen molar-refractivity contribution in [2.75, 3.05) is 13.7 Å². The summed E-state index contributed by atoms with van der Waals surface area (Å²) in [7, 11) is 1.57. The van der Waals surface area contributed by atoms with E-state index in [2.05, 4.69) is 0 Å². The molecule has 0 saturated carbocycles. The minimum atomic E-state index is -0.0432. The van der Waals surface area contributed by atoms with Crippen LogP contribution in [0.3, 0.4) is 0 Å². The lowest BCUT2D eigenvalue weighted by molar-refractivity contribution is 0.100. The zero-order valence-corrected chi connectivity index (χ0v) is 8.21. The molecule has 12 heavy (non-hydrogen) atoms. The Labute approximate surface area is 80.9 Å². The van der Waals surface area contributed by atoms with Crippen LogP contribution in [0.4, 0.5) is 0 Å². The Hall–Kier alpha value is -0.580. The van der Waals surface area contributed by atoms with Gasteiger partial charge in [-0.3, -0.25) is 4.79 Å². The molecule has 1 heterocycles. The van der Waals surface area contributed by atoms with Gasteiger partial charge in [-0.2, -0.15) is 0 Å². The predicted molar refractivity (Wildman–Crippen MR) is 51.5 cm³/mol. The maximum Gasteiger partial charge on any atom is 0.186 e. The zero-order valence-electron chi connectivity index (χ0n) is 6.57. The highest BCUT2D eigenvalue weighted by atomic mass is 35.5. The van der Waals surface area contributed by atoms with Crippen molar-refractivity contribution >= 4 is 29.5 Å². The summed E-state index contributed by atoms with van der Waals surface area (Å²) in [4.78, 5) is 11.6. The Morgan fingerprint density at radius 1 is 1.75 bits per heavy atom. The van der Waals surface area contributed by atoms with Crippen molar-refractivity contribution in [2.24, 2.45) is 5.73 Å². The number of carbonyl (C=O) groups is 1. The number of Topliss-reactive ketones (excluding diaryl/α,β-unsaturated/α-hetero) is 1. The van der Waals surface area contributed by atoms with Gasteiger partial charge in [0.25, 0.3) is 0 Å². The first-order valence-electron chi connectivity index (χ1n) is 3.13. The van der Waals surface area contributed by atoms with Gasteiger partial charge in [0.1, 0.15) is 5.75 Å². The van der Waals surface area contributed by atoms with Crippen LogP contribution in [0, 0.1) is 0 Å². The van der Waals surface area contributed by atoms with Crippen LogP contribution in [-0.2, 0) is 0 Å². The SMILES string of the molecule is COc1csc(C(=O)CN)c1.Cl. The number of methoxy groups -OCH3 is 1. The molecule has 68 valence electrons. The van der Waals surface area contributed by atoms with Gasteiger partial charge in [-0.1, -0.05) is 0 Å². The number of nitrogens with two attached hydrogens (primary N) is 1. The highest BCUT2D eigenvalue weighted by molar-refractivity contribution is 7.12. The maximum absolute atomic E-state index is 11.0. The highest BCUT2D eigenvalue weighted by Crippen LogP contribution is 2.20. The number of halogens is 1. The Morgan fingerprint density at radius 3 is 2.83 bits per heavy atom. The minimum Gasteiger partial charge on any atom is -0.496 e. The molecule has 0 aromatic carbocycles. The molecule has 0 spiro atoms. The number of thiophene rings is 1. The van der Waals surface area contributed by atoms with Gasteiger partial charge in [0.2, 0.25) is 0 Å². The van der Waals surface area contributed by atoms with E-state index in [0.29, 0.717) is 10.6 Å². The molecule has 1 aromatic rings. The third kappa shape index (κ3) is 2.48. The molecule has 0 aliphatic carbocycles. The Morgan fingerprint density at radius 2 is 2.42 bits per heavy atom. The first-order valence-corrected chi connectivity index (χ1v) is 4.01. The third-order valence-corrected chi connectivity index (χ3v) is 2.22. The second-order valence-electron chi connectivity index (χ2n) is 1.98. The van der Waals surface area contributed by atoms with Crippen molar-refractivity contribution in [1.82, 2.24) is 0 Å². The minimum absolute atomic E-state index is 0. The topological polar surface area (TPSA) is 52.3 Å². The van der Waals surface area contributed by atoms with Crippen molar-refractivity contribution in [3.63, 3.8) is 0 Å². The van der Waals surface area contributed by atoms with E-state index in [-0.39, 0.29) is 24.7 Å². The van der Waals surface area contributed by atoms with Crippen LogP contribution in [0.2, 0.25) is 0 Å². The van der Waals surface area contributed by atoms with Gasteiger partial charge in [0.15, 0.2) is 5.78 Å². The smallest absolute Gasteiger partial charge is 0.186 e. The zero-order chi connectivity index (χ0) is 8.27. The van der Waals surface area contributed by atoms with Gasteiger partial charge in [-0.15, -0.1) is 23.7 Å². The van der Waals surface area contributed by atoms with Gasteiger partial charge in [0, 0.05) is 11.4 Å². The summed E-state index contributed by atoms with van der Waals surface area (Å²) in [5, 5.41) is 1.78. The van der Waals surface area contributed by atoms with Crippen LogP contribution >= 0.6 is 23.7 Å². The molecule has 0 bridgehead atoms. The average Bonchev–Trinajstić information content (AvgIpc) is 2.50. The van der Waals surface area contributed by atoms with Crippen LogP contribution in [0.15, 0.2) is 11.4 Å². The first-order chi connectivity index (χ1) is 5.27. The van der Waals surface area contributed by atoms with Gasteiger partial charge in [-0.25, -0.2) is 0 Å². The average molecular weight is 208 g/mol. The first kappa shape index (κ1) is 11.4. The Balaban J connectivity index is 0.00000121. The molecular weight excluding hydrogens is 198 g/mol. The lowest BCUT2D eigenvalue weighted by Gasteiger charge is -1.90. The van der Waals surface area contributed by atoms with E-state index in [9.17, 15) is 4.79 Å². The predicted octanol–water partition coefficient (Wildman–Crippen LogP) is 1.32. The summed E-state index contributed by atoms with van der Waals surface area (Å²) in [6.45, 7) is 0.0592. The summed E-state index contributed by atoms with van der Waals surface area (Å²) in [5.41, 5.74) is 5.17. The molecule has 2 N–H and O–H groups in total. The second kappa shape index (κ2) is 5.13. The molecule has 0 radical (unpaired) electrons. The molecule has 3 nitrogen and oxygen atoms in total. The summed E-state index contributed by atoms with van der Waals surface area (Å²) in [6.07, 6.45) is 0. The fourth-order valence-corrected chi connectivity index (χ4v) is 1.48. The number of hydrogen-bond donors (Lipinski definition) is 1. The molecule has 0 aliphatic heterocycles. The van der Waals surface area contributed by atoms with E-state index in [4.69, 9.17) is 10.5 Å². The number of ether oxygens (including phenoxy) is 1. The molecule has 0 saturated heterocycles. The van der Waals surface area contributed by atoms with Crippen LogP contribution in [-0.4, -0.2) is 19.4 Å². The van der Waals surface area contributed by atoms with E-state index in [0.717, 1.165) is 0 Å². The van der Waals surface area contributed by atoms with E-state index < -0.39 is 0 Å². The Bertz CT molecular complexity index is 262. The van der Waals surface area contributed by atoms with Gasteiger partial charge in [0.05, 0.1) is 18.5 Å². The van der Waals surface area contributed by atoms with E-state index in [1.165, 1.54) is 11.3 Å². The van der Waals surface area contributed by atoms with Crippen LogP contribution in [0.25, 0.3) is 0 Å². The molecule has 0 atom stereocenters. The quantitative estimate of drug-likeness (QED) is 0.761. The Kier molecular flexibility index (Phi) is 4.89. The van der Waals surface area contributed by atoms with Crippen LogP contribution in [0.5, 0.6) is 5.75 Å². The van der Waals surface area contributed by atoms with Crippen LogP contribution < -0.4 is 10.5 Å². The summed E-state index contributed by atoms with van der Waals surface area (Å²) >= 11 is 1.35. The van der Waals surface area contributed by atoms with Crippen molar-refractivity contribution in [3.8, 4) is 5.75 Å². The third-order valence-electron chi connectivity index (χ3n) is 1.27. The van der Waals surface area contributed by atoms with E-state index in [1.54, 1.807) is 18.6 Å². The lowest BCUT2D eigenvalue weighted by Crippen LogP contribution is -2.11. The number of rotatable bonds is 3. The summed E-state index contributed by atoms with van der Waals surface area (Å²) < 4.78 is 4.91.